The molecule has 1 saturated carbocycles. The number of carbonyl (C=O) groups excluding carboxylic acids is 1. The highest BCUT2D eigenvalue weighted by Gasteiger charge is 2.28. The van der Waals surface area contributed by atoms with E-state index >= 15 is 0 Å². The molecule has 0 heterocycles. The Bertz CT molecular complexity index is 563. The van der Waals surface area contributed by atoms with E-state index in [1.807, 2.05) is 0 Å². The second-order valence-electron chi connectivity index (χ2n) is 4.47. The lowest BCUT2D eigenvalue weighted by atomic mass is 10.1. The summed E-state index contributed by atoms with van der Waals surface area (Å²) in [4.78, 5) is 12.0. The second-order valence-corrected chi connectivity index (χ2v) is 6.15. The summed E-state index contributed by atoms with van der Waals surface area (Å²) in [6.07, 6.45) is 2.05. The van der Waals surface area contributed by atoms with Gasteiger partial charge in [0.2, 0.25) is 5.91 Å². The maximum Gasteiger partial charge on any atom is 0.264 e. The molecule has 2 rings (SSSR count). The molecule has 0 radical (unpaired) electrons. The first kappa shape index (κ1) is 12.8. The van der Waals surface area contributed by atoms with Gasteiger partial charge >= 0.3 is 0 Å². The number of carbonyl (C=O) groups is 1. The highest BCUT2D eigenvalue weighted by atomic mass is 32.2. The maximum absolute atomic E-state index is 11.9. The first-order chi connectivity index (χ1) is 8.49. The number of hydrogen-bond acceptors (Lipinski definition) is 3. The van der Waals surface area contributed by atoms with Gasteiger partial charge in [-0.3, -0.25) is 4.79 Å². The first-order valence-electron chi connectivity index (χ1n) is 5.77. The molecule has 1 aromatic carbocycles. The molecule has 0 spiro atoms. The van der Waals surface area contributed by atoms with Crippen LogP contribution in [-0.2, 0) is 14.8 Å². The molecule has 1 aliphatic rings. The zero-order valence-corrected chi connectivity index (χ0v) is 10.7. The van der Waals surface area contributed by atoms with Crippen LogP contribution in [0.2, 0.25) is 0 Å². The van der Waals surface area contributed by atoms with Crippen LogP contribution in [0.1, 0.15) is 19.3 Å². The van der Waals surface area contributed by atoms with Gasteiger partial charge in [-0.1, -0.05) is 30.4 Å². The summed E-state index contributed by atoms with van der Waals surface area (Å²) in [7, 11) is -3.74. The van der Waals surface area contributed by atoms with Crippen molar-refractivity contribution in [3.8, 4) is 0 Å². The zero-order valence-electron chi connectivity index (χ0n) is 9.93. The van der Waals surface area contributed by atoms with Gasteiger partial charge in [0, 0.05) is 5.92 Å². The van der Waals surface area contributed by atoms with E-state index < -0.39 is 15.9 Å². The fraction of sp³-hybridized carbons (Fsp3) is 0.308. The minimum absolute atomic E-state index is 0.107. The fourth-order valence-corrected chi connectivity index (χ4v) is 3.09. The van der Waals surface area contributed by atoms with Crippen molar-refractivity contribution in [3.63, 3.8) is 0 Å². The quantitative estimate of drug-likeness (QED) is 0.848. The second kappa shape index (κ2) is 4.94. The summed E-state index contributed by atoms with van der Waals surface area (Å²) >= 11 is 0. The summed E-state index contributed by atoms with van der Waals surface area (Å²) in [6, 6.07) is 7.89. The van der Waals surface area contributed by atoms with Gasteiger partial charge < -0.3 is 0 Å². The molecule has 1 atom stereocenters. The van der Waals surface area contributed by atoms with E-state index in [4.69, 9.17) is 0 Å². The van der Waals surface area contributed by atoms with Crippen LogP contribution in [0.4, 0.5) is 0 Å². The van der Waals surface area contributed by atoms with Crippen LogP contribution in [0.15, 0.2) is 47.4 Å². The number of sulfonamides is 1. The molecule has 1 N–H and O–H groups in total. The normalized spacial score (nSPS) is 19.8. The van der Waals surface area contributed by atoms with Crippen LogP contribution < -0.4 is 4.72 Å². The molecule has 5 heteroatoms. The summed E-state index contributed by atoms with van der Waals surface area (Å²) in [5.41, 5.74) is 1.01. The van der Waals surface area contributed by atoms with Gasteiger partial charge in [-0.15, -0.1) is 0 Å². The van der Waals surface area contributed by atoms with E-state index in [9.17, 15) is 13.2 Å². The van der Waals surface area contributed by atoms with Crippen LogP contribution in [0, 0.1) is 5.92 Å². The van der Waals surface area contributed by atoms with Gasteiger partial charge in [0.15, 0.2) is 0 Å². The van der Waals surface area contributed by atoms with Crippen molar-refractivity contribution in [1.29, 1.82) is 0 Å². The minimum Gasteiger partial charge on any atom is -0.274 e. The Hall–Kier alpha value is -1.62. The van der Waals surface area contributed by atoms with Crippen molar-refractivity contribution < 1.29 is 13.2 Å². The molecule has 18 heavy (non-hydrogen) atoms. The maximum atomic E-state index is 11.9. The smallest absolute Gasteiger partial charge is 0.264 e. The van der Waals surface area contributed by atoms with Crippen molar-refractivity contribution in [2.45, 2.75) is 24.2 Å². The number of nitrogens with one attached hydrogen (secondary N) is 1. The lowest BCUT2D eigenvalue weighted by Crippen LogP contribution is -2.34. The molecule has 0 unspecified atom stereocenters. The molecule has 96 valence electrons. The zero-order chi connectivity index (χ0) is 13.2. The largest absolute Gasteiger partial charge is 0.274 e. The third-order valence-electron chi connectivity index (χ3n) is 3.04. The third kappa shape index (κ3) is 2.79. The van der Waals surface area contributed by atoms with E-state index in [1.54, 1.807) is 18.2 Å². The number of allylic oxidation sites excluding steroid dienone is 1. The number of benzene rings is 1. The standard InChI is InChI=1S/C13H15NO3S/c1-10-7-8-11(9-10)13(15)14-18(16,17)12-5-3-2-4-6-12/h2-6,11H,1,7-9H2,(H,14,15)/t11-/m1/s1. The number of amides is 1. The topological polar surface area (TPSA) is 63.2 Å². The Morgan fingerprint density at radius 3 is 2.50 bits per heavy atom. The minimum atomic E-state index is -3.74. The Balaban J connectivity index is 2.09. The van der Waals surface area contributed by atoms with Gasteiger partial charge in [-0.2, -0.15) is 0 Å². The van der Waals surface area contributed by atoms with E-state index in [2.05, 4.69) is 11.3 Å². The van der Waals surface area contributed by atoms with Crippen LogP contribution in [0.5, 0.6) is 0 Å². The van der Waals surface area contributed by atoms with Crippen molar-refractivity contribution in [3.05, 3.63) is 42.5 Å². The Kier molecular flexibility index (Phi) is 3.52. The van der Waals surface area contributed by atoms with E-state index in [0.717, 1.165) is 12.0 Å². The highest BCUT2D eigenvalue weighted by molar-refractivity contribution is 7.90. The van der Waals surface area contributed by atoms with Crippen LogP contribution in [0.3, 0.4) is 0 Å². The molecule has 0 saturated heterocycles. The van der Waals surface area contributed by atoms with Crippen molar-refractivity contribution >= 4 is 15.9 Å². The average Bonchev–Trinajstić information content (AvgIpc) is 2.77. The van der Waals surface area contributed by atoms with E-state index in [0.29, 0.717) is 12.8 Å². The summed E-state index contributed by atoms with van der Waals surface area (Å²) in [5, 5.41) is 0. The van der Waals surface area contributed by atoms with Crippen molar-refractivity contribution in [1.82, 2.24) is 4.72 Å². The van der Waals surface area contributed by atoms with Crippen LogP contribution in [-0.4, -0.2) is 14.3 Å². The molecule has 1 aliphatic carbocycles. The van der Waals surface area contributed by atoms with E-state index in [1.165, 1.54) is 12.1 Å². The molecular formula is C13H15NO3S. The Labute approximate surface area is 107 Å². The molecule has 1 amide bonds. The van der Waals surface area contributed by atoms with Crippen molar-refractivity contribution in [2.24, 2.45) is 5.92 Å². The molecule has 0 bridgehead atoms. The third-order valence-corrected chi connectivity index (χ3v) is 4.40. The molecule has 1 aromatic rings. The first-order valence-corrected chi connectivity index (χ1v) is 7.26. The summed E-state index contributed by atoms with van der Waals surface area (Å²) < 4.78 is 26.0. The van der Waals surface area contributed by atoms with Crippen LogP contribution in [0.25, 0.3) is 0 Å². The number of hydrogen-bond donors (Lipinski definition) is 1. The Morgan fingerprint density at radius 2 is 1.94 bits per heavy atom. The summed E-state index contributed by atoms with van der Waals surface area (Å²) in [5.74, 6) is -0.700. The van der Waals surface area contributed by atoms with Gasteiger partial charge in [0.25, 0.3) is 10.0 Å². The fourth-order valence-electron chi connectivity index (χ4n) is 2.03. The molecule has 0 aliphatic heterocycles. The van der Waals surface area contributed by atoms with Gasteiger partial charge in [-0.05, 0) is 31.4 Å². The van der Waals surface area contributed by atoms with Crippen molar-refractivity contribution in [2.75, 3.05) is 0 Å². The van der Waals surface area contributed by atoms with Gasteiger partial charge in [-0.25, -0.2) is 13.1 Å². The van der Waals surface area contributed by atoms with Crippen LogP contribution >= 0.6 is 0 Å². The predicted octanol–water partition coefficient (Wildman–Crippen LogP) is 1.85. The molecule has 4 nitrogen and oxygen atoms in total. The highest BCUT2D eigenvalue weighted by Crippen LogP contribution is 2.29. The number of rotatable bonds is 3. The van der Waals surface area contributed by atoms with E-state index in [-0.39, 0.29) is 10.8 Å². The Morgan fingerprint density at radius 1 is 1.28 bits per heavy atom. The average molecular weight is 265 g/mol. The SMILES string of the molecule is C=C1CC[C@@H](C(=O)NS(=O)(=O)c2ccccc2)C1. The monoisotopic (exact) mass is 265 g/mol. The molecular weight excluding hydrogens is 250 g/mol. The lowest BCUT2D eigenvalue weighted by Gasteiger charge is -2.10. The molecule has 0 aromatic heterocycles. The lowest BCUT2D eigenvalue weighted by molar-refractivity contribution is -0.122. The van der Waals surface area contributed by atoms with Gasteiger partial charge in [0.05, 0.1) is 4.90 Å². The van der Waals surface area contributed by atoms with Gasteiger partial charge in [0.1, 0.15) is 0 Å². The predicted molar refractivity (Wildman–Crippen MR) is 68.3 cm³/mol. The molecule has 1 fully saturated rings. The summed E-state index contributed by atoms with van der Waals surface area (Å²) in [6.45, 7) is 3.81.